The largest absolute Gasteiger partial charge is 0.482 e. The molecule has 2 saturated heterocycles. The van der Waals surface area contributed by atoms with Gasteiger partial charge in [-0.1, -0.05) is 48.2 Å². The maximum atomic E-state index is 13.3. The van der Waals surface area contributed by atoms with Crippen molar-refractivity contribution in [1.82, 2.24) is 19.7 Å². The number of carbonyl (C=O) groups is 3. The van der Waals surface area contributed by atoms with Crippen molar-refractivity contribution >= 4 is 29.9 Å². The van der Waals surface area contributed by atoms with E-state index < -0.39 is 12.1 Å². The van der Waals surface area contributed by atoms with Gasteiger partial charge >= 0.3 is 18.1 Å². The highest BCUT2D eigenvalue weighted by Crippen LogP contribution is 2.35. The van der Waals surface area contributed by atoms with Gasteiger partial charge in [-0.3, -0.25) is 4.90 Å². The third kappa shape index (κ3) is 6.98. The van der Waals surface area contributed by atoms with E-state index in [4.69, 9.17) is 14.6 Å². The fourth-order valence-electron chi connectivity index (χ4n) is 5.27. The number of aliphatic carboxylic acids is 1. The summed E-state index contributed by atoms with van der Waals surface area (Å²) in [6.07, 6.45) is 2.91. The Balaban J connectivity index is 1.15. The number of pyridine rings is 1. The van der Waals surface area contributed by atoms with Gasteiger partial charge in [0.25, 0.3) is 0 Å². The summed E-state index contributed by atoms with van der Waals surface area (Å²) in [5, 5.41) is 9.59. The number of aromatic nitrogens is 1. The summed E-state index contributed by atoms with van der Waals surface area (Å²) in [7, 11) is 1.30. The lowest BCUT2D eigenvalue weighted by Crippen LogP contribution is -2.47. The van der Waals surface area contributed by atoms with Crippen LogP contribution in [-0.4, -0.2) is 82.3 Å². The number of urea groups is 1. The minimum Gasteiger partial charge on any atom is -0.482 e. The van der Waals surface area contributed by atoms with Gasteiger partial charge in [0, 0.05) is 36.8 Å². The molecule has 11 heteroatoms. The summed E-state index contributed by atoms with van der Waals surface area (Å²) in [6.45, 7) is 2.35. The highest BCUT2D eigenvalue weighted by atomic mass is 32.2. The normalized spacial score (nSPS) is 18.0. The highest BCUT2D eigenvalue weighted by Gasteiger charge is 2.45. The number of carbonyl (C=O) groups excluding carboxylic acids is 2. The minimum absolute atomic E-state index is 0.0384. The number of piperidine rings is 1. The Morgan fingerprint density at radius 2 is 1.76 bits per heavy atom. The lowest BCUT2D eigenvalue weighted by Gasteiger charge is -2.38. The fraction of sp³-hybridized carbons (Fsp3) is 0.333. The zero-order chi connectivity index (χ0) is 28.8. The number of imide groups is 1. The molecule has 1 aromatic heterocycles. The summed E-state index contributed by atoms with van der Waals surface area (Å²) in [6, 6.07) is 20.7. The average molecular weight is 577 g/mol. The number of nitrogens with zero attached hydrogens (tertiary/aromatic N) is 4. The number of methoxy groups -OCH3 is 1. The van der Waals surface area contributed by atoms with Crippen molar-refractivity contribution in [2.75, 3.05) is 33.4 Å². The second-order valence-corrected chi connectivity index (χ2v) is 11.1. The van der Waals surface area contributed by atoms with Crippen LogP contribution >= 0.6 is 11.8 Å². The molecule has 3 aromatic rings. The van der Waals surface area contributed by atoms with Gasteiger partial charge in [-0.25, -0.2) is 24.3 Å². The van der Waals surface area contributed by atoms with Crippen molar-refractivity contribution in [1.29, 1.82) is 0 Å². The van der Waals surface area contributed by atoms with Gasteiger partial charge < -0.3 is 19.5 Å². The molecule has 0 bridgehead atoms. The molecule has 3 amide bonds. The van der Waals surface area contributed by atoms with E-state index in [9.17, 15) is 14.4 Å². The predicted molar refractivity (Wildman–Crippen MR) is 152 cm³/mol. The van der Waals surface area contributed by atoms with Gasteiger partial charge in [0.15, 0.2) is 6.61 Å². The van der Waals surface area contributed by atoms with Crippen molar-refractivity contribution in [3.63, 3.8) is 0 Å². The number of hydrogen-bond acceptors (Lipinski definition) is 8. The predicted octanol–water partition coefficient (Wildman–Crippen LogP) is 4.91. The summed E-state index contributed by atoms with van der Waals surface area (Å²) < 4.78 is 10.0. The van der Waals surface area contributed by atoms with Crippen LogP contribution in [0.1, 0.15) is 30.0 Å². The molecule has 2 aliphatic heterocycles. The zero-order valence-electron chi connectivity index (χ0n) is 22.7. The molecule has 2 fully saturated rings. The molecule has 0 aliphatic carbocycles. The lowest BCUT2D eigenvalue weighted by atomic mass is 9.99. The highest BCUT2D eigenvalue weighted by molar-refractivity contribution is 7.99. The van der Waals surface area contributed by atoms with E-state index in [0.717, 1.165) is 53.5 Å². The second-order valence-electron chi connectivity index (χ2n) is 9.96. The van der Waals surface area contributed by atoms with Crippen LogP contribution in [-0.2, 0) is 16.1 Å². The molecule has 0 saturated carbocycles. The molecule has 10 nitrogen and oxygen atoms in total. The first-order valence-electron chi connectivity index (χ1n) is 13.4. The van der Waals surface area contributed by atoms with E-state index >= 15 is 0 Å². The third-order valence-corrected chi connectivity index (χ3v) is 8.24. The maximum Gasteiger partial charge on any atom is 0.417 e. The molecule has 3 heterocycles. The number of carboxylic acids is 1. The molecule has 5 rings (SSSR count). The van der Waals surface area contributed by atoms with Crippen molar-refractivity contribution in [3.8, 4) is 5.75 Å². The molecule has 214 valence electrons. The number of hydrogen-bond donors (Lipinski definition) is 1. The van der Waals surface area contributed by atoms with Gasteiger partial charge in [-0.15, -0.1) is 0 Å². The monoisotopic (exact) mass is 576 g/mol. The number of benzene rings is 2. The van der Waals surface area contributed by atoms with Crippen LogP contribution < -0.4 is 4.74 Å². The van der Waals surface area contributed by atoms with Gasteiger partial charge in [0.2, 0.25) is 0 Å². The third-order valence-electron chi connectivity index (χ3n) is 7.29. The van der Waals surface area contributed by atoms with Gasteiger partial charge in [0.05, 0.1) is 19.7 Å². The first kappa shape index (κ1) is 28.4. The molecule has 1 N–H and O–H groups in total. The Bertz CT molecular complexity index is 1350. The van der Waals surface area contributed by atoms with Crippen LogP contribution in [0, 0.1) is 0 Å². The minimum atomic E-state index is -1.01. The van der Waals surface area contributed by atoms with Crippen LogP contribution in [0.3, 0.4) is 0 Å². The van der Waals surface area contributed by atoms with E-state index in [-0.39, 0.29) is 31.3 Å². The maximum absolute atomic E-state index is 13.3. The zero-order valence-corrected chi connectivity index (χ0v) is 23.5. The van der Waals surface area contributed by atoms with E-state index in [1.807, 2.05) is 59.6 Å². The molecular weight excluding hydrogens is 544 g/mol. The Hall–Kier alpha value is -4.09. The van der Waals surface area contributed by atoms with E-state index in [1.54, 1.807) is 12.1 Å². The topological polar surface area (TPSA) is 113 Å². The van der Waals surface area contributed by atoms with Crippen LogP contribution in [0.2, 0.25) is 0 Å². The Morgan fingerprint density at radius 1 is 1.02 bits per heavy atom. The number of carboxylic acid groups (broad SMARTS) is 1. The van der Waals surface area contributed by atoms with E-state index in [1.165, 1.54) is 23.8 Å². The molecule has 41 heavy (non-hydrogen) atoms. The van der Waals surface area contributed by atoms with Crippen molar-refractivity contribution in [2.45, 2.75) is 41.4 Å². The van der Waals surface area contributed by atoms with Crippen LogP contribution in [0.15, 0.2) is 82.8 Å². The van der Waals surface area contributed by atoms with Crippen LogP contribution in [0.25, 0.3) is 0 Å². The Morgan fingerprint density at radius 3 is 2.39 bits per heavy atom. The molecule has 0 radical (unpaired) electrons. The smallest absolute Gasteiger partial charge is 0.417 e. The van der Waals surface area contributed by atoms with Crippen LogP contribution in [0.4, 0.5) is 9.59 Å². The standard InChI is InChI=1S/C30H32N4O6S/c1-39-30(38)33-19-26(22-5-3-2-4-6-22)34(29(33)37)23-13-15-32(16-14-23)18-21-7-12-27(31-17-21)41-25-10-8-24(9-11-25)40-20-28(35)36/h2-12,17,23,26H,13-16,18-20H2,1H3,(H,35,36)/t26-/m0/s1. The van der Waals surface area contributed by atoms with E-state index in [2.05, 4.69) is 16.0 Å². The quantitative estimate of drug-likeness (QED) is 0.380. The Kier molecular flexibility index (Phi) is 9.05. The first-order valence-corrected chi connectivity index (χ1v) is 14.3. The molecule has 0 spiro atoms. The van der Waals surface area contributed by atoms with Crippen molar-refractivity contribution in [3.05, 3.63) is 84.1 Å². The number of ether oxygens (including phenoxy) is 2. The van der Waals surface area contributed by atoms with Gasteiger partial charge in [0.1, 0.15) is 10.8 Å². The van der Waals surface area contributed by atoms with Gasteiger partial charge in [-0.2, -0.15) is 0 Å². The van der Waals surface area contributed by atoms with Crippen molar-refractivity contribution < 1.29 is 29.0 Å². The van der Waals surface area contributed by atoms with Crippen LogP contribution in [0.5, 0.6) is 5.75 Å². The number of rotatable bonds is 9. The SMILES string of the molecule is COC(=O)N1C[C@@H](c2ccccc2)N(C2CCN(Cc3ccc(Sc4ccc(OCC(=O)O)cc4)nc3)CC2)C1=O. The molecular formula is C30H32N4O6S. The lowest BCUT2D eigenvalue weighted by molar-refractivity contribution is -0.139. The second kappa shape index (κ2) is 13.0. The number of likely N-dealkylation sites (tertiary alicyclic amines) is 1. The summed E-state index contributed by atoms with van der Waals surface area (Å²) >= 11 is 1.52. The van der Waals surface area contributed by atoms with Crippen molar-refractivity contribution in [2.24, 2.45) is 0 Å². The molecule has 2 aliphatic rings. The van der Waals surface area contributed by atoms with E-state index in [0.29, 0.717) is 5.75 Å². The summed E-state index contributed by atoms with van der Waals surface area (Å²) in [5.41, 5.74) is 2.13. The fourth-order valence-corrected chi connectivity index (χ4v) is 6.03. The molecule has 0 unspecified atom stereocenters. The average Bonchev–Trinajstić information content (AvgIpc) is 3.35. The Labute approximate surface area is 242 Å². The first-order chi connectivity index (χ1) is 19.9. The molecule has 1 atom stereocenters. The summed E-state index contributed by atoms with van der Waals surface area (Å²) in [5.74, 6) is -0.503. The summed E-state index contributed by atoms with van der Waals surface area (Å²) in [4.78, 5) is 47.3. The number of amides is 3. The molecule has 2 aromatic carbocycles. The van der Waals surface area contributed by atoms with Gasteiger partial charge in [-0.05, 0) is 54.3 Å².